The van der Waals surface area contributed by atoms with Crippen LogP contribution < -0.4 is 5.32 Å². The topological polar surface area (TPSA) is 64.7 Å². The molecular formula is C12H15Br2N5O. The quantitative estimate of drug-likeness (QED) is 0.801. The highest BCUT2D eigenvalue weighted by Gasteiger charge is 2.05. The summed E-state index contributed by atoms with van der Waals surface area (Å²) in [6.45, 7) is 3.72. The van der Waals surface area contributed by atoms with Crippen molar-refractivity contribution in [3.63, 3.8) is 0 Å². The van der Waals surface area contributed by atoms with E-state index in [1.165, 1.54) is 0 Å². The predicted molar refractivity (Wildman–Crippen MR) is 82.2 cm³/mol. The van der Waals surface area contributed by atoms with E-state index in [4.69, 9.17) is 0 Å². The van der Waals surface area contributed by atoms with E-state index in [1.807, 2.05) is 19.3 Å². The molecule has 1 N–H and O–H groups in total. The standard InChI is InChI=1S/C12H15Br2N5O/c1-9-11(14)8-19(17-9)4-2-12(20)15-3-5-18-7-10(13)6-16-18/h6-8H,2-5H2,1H3,(H,15,20). The molecule has 20 heavy (non-hydrogen) atoms. The normalized spacial score (nSPS) is 10.8. The number of rotatable bonds is 6. The van der Waals surface area contributed by atoms with Gasteiger partial charge in [0.15, 0.2) is 0 Å². The summed E-state index contributed by atoms with van der Waals surface area (Å²) in [6.07, 6.45) is 5.89. The number of amides is 1. The van der Waals surface area contributed by atoms with Gasteiger partial charge in [-0.05, 0) is 38.8 Å². The molecule has 0 bridgehead atoms. The van der Waals surface area contributed by atoms with Gasteiger partial charge in [-0.3, -0.25) is 14.2 Å². The van der Waals surface area contributed by atoms with Crippen LogP contribution in [0.2, 0.25) is 0 Å². The molecule has 0 unspecified atom stereocenters. The molecule has 0 aromatic carbocycles. The molecule has 6 nitrogen and oxygen atoms in total. The molecule has 0 atom stereocenters. The smallest absolute Gasteiger partial charge is 0.221 e. The lowest BCUT2D eigenvalue weighted by Gasteiger charge is -2.05. The van der Waals surface area contributed by atoms with Crippen molar-refractivity contribution in [2.24, 2.45) is 0 Å². The predicted octanol–water partition coefficient (Wildman–Crippen LogP) is 2.12. The van der Waals surface area contributed by atoms with Crippen molar-refractivity contribution in [3.8, 4) is 0 Å². The third-order valence-electron chi connectivity index (χ3n) is 2.72. The van der Waals surface area contributed by atoms with Crippen LogP contribution in [0.5, 0.6) is 0 Å². The molecule has 2 aromatic heterocycles. The maximum atomic E-state index is 11.7. The Morgan fingerprint density at radius 2 is 2.10 bits per heavy atom. The zero-order valence-electron chi connectivity index (χ0n) is 11.0. The molecular weight excluding hydrogens is 390 g/mol. The van der Waals surface area contributed by atoms with Gasteiger partial charge in [-0.1, -0.05) is 0 Å². The minimum Gasteiger partial charge on any atom is -0.354 e. The third-order valence-corrected chi connectivity index (χ3v) is 3.91. The molecule has 1 amide bonds. The van der Waals surface area contributed by atoms with Crippen LogP contribution in [0.25, 0.3) is 0 Å². The van der Waals surface area contributed by atoms with Crippen molar-refractivity contribution in [2.75, 3.05) is 6.54 Å². The van der Waals surface area contributed by atoms with Crippen molar-refractivity contribution >= 4 is 37.8 Å². The van der Waals surface area contributed by atoms with Crippen molar-refractivity contribution in [1.82, 2.24) is 24.9 Å². The van der Waals surface area contributed by atoms with Gasteiger partial charge in [0.1, 0.15) is 0 Å². The maximum Gasteiger partial charge on any atom is 0.221 e. The van der Waals surface area contributed by atoms with E-state index >= 15 is 0 Å². The first-order valence-electron chi connectivity index (χ1n) is 6.19. The largest absolute Gasteiger partial charge is 0.354 e. The fourth-order valence-electron chi connectivity index (χ4n) is 1.68. The summed E-state index contributed by atoms with van der Waals surface area (Å²) in [4.78, 5) is 11.7. The average molecular weight is 405 g/mol. The van der Waals surface area contributed by atoms with Gasteiger partial charge in [0.05, 0.1) is 27.4 Å². The van der Waals surface area contributed by atoms with E-state index in [0.29, 0.717) is 26.1 Å². The Morgan fingerprint density at radius 3 is 2.70 bits per heavy atom. The first-order valence-corrected chi connectivity index (χ1v) is 7.77. The molecule has 2 rings (SSSR count). The second-order valence-electron chi connectivity index (χ2n) is 4.35. The van der Waals surface area contributed by atoms with E-state index in [1.54, 1.807) is 15.6 Å². The van der Waals surface area contributed by atoms with Crippen molar-refractivity contribution in [1.29, 1.82) is 0 Å². The van der Waals surface area contributed by atoms with Gasteiger partial charge in [0, 0.05) is 31.9 Å². The number of aryl methyl sites for hydroxylation is 2. The van der Waals surface area contributed by atoms with Crippen LogP contribution in [0.1, 0.15) is 12.1 Å². The number of carbonyl (C=O) groups is 1. The fraction of sp³-hybridized carbons (Fsp3) is 0.417. The van der Waals surface area contributed by atoms with E-state index in [9.17, 15) is 4.79 Å². The molecule has 2 heterocycles. The Labute approximate surface area is 133 Å². The first kappa shape index (κ1) is 15.2. The molecule has 8 heteroatoms. The monoisotopic (exact) mass is 403 g/mol. The van der Waals surface area contributed by atoms with E-state index in [0.717, 1.165) is 14.6 Å². The number of hydrogen-bond donors (Lipinski definition) is 1. The van der Waals surface area contributed by atoms with Crippen LogP contribution in [0.3, 0.4) is 0 Å². The van der Waals surface area contributed by atoms with E-state index < -0.39 is 0 Å². The SMILES string of the molecule is Cc1nn(CCC(=O)NCCn2cc(Br)cn2)cc1Br. The Kier molecular flexibility index (Phi) is 5.36. The molecule has 0 fully saturated rings. The fourth-order valence-corrected chi connectivity index (χ4v) is 2.33. The number of nitrogens with one attached hydrogen (secondary N) is 1. The zero-order valence-corrected chi connectivity index (χ0v) is 14.2. The molecule has 0 radical (unpaired) electrons. The molecule has 0 spiro atoms. The highest BCUT2D eigenvalue weighted by Crippen LogP contribution is 2.13. The van der Waals surface area contributed by atoms with Crippen molar-refractivity contribution < 1.29 is 4.79 Å². The first-order chi connectivity index (χ1) is 9.54. The van der Waals surface area contributed by atoms with Crippen molar-refractivity contribution in [3.05, 3.63) is 33.2 Å². The zero-order chi connectivity index (χ0) is 14.5. The van der Waals surface area contributed by atoms with Crippen molar-refractivity contribution in [2.45, 2.75) is 26.4 Å². The van der Waals surface area contributed by atoms with Crippen LogP contribution in [0, 0.1) is 6.92 Å². The molecule has 0 saturated heterocycles. The summed E-state index contributed by atoms with van der Waals surface area (Å²) < 4.78 is 5.44. The van der Waals surface area contributed by atoms with Gasteiger partial charge < -0.3 is 5.32 Å². The van der Waals surface area contributed by atoms with Crippen LogP contribution in [-0.2, 0) is 17.9 Å². The minimum absolute atomic E-state index is 0.0143. The summed E-state index contributed by atoms with van der Waals surface area (Å²) in [5.74, 6) is 0.0143. The maximum absolute atomic E-state index is 11.7. The van der Waals surface area contributed by atoms with E-state index in [2.05, 4.69) is 47.4 Å². The molecule has 0 aliphatic heterocycles. The highest BCUT2D eigenvalue weighted by molar-refractivity contribution is 9.10. The van der Waals surface area contributed by atoms with E-state index in [-0.39, 0.29) is 5.91 Å². The van der Waals surface area contributed by atoms with Gasteiger partial charge in [-0.25, -0.2) is 0 Å². The number of aromatic nitrogens is 4. The molecule has 2 aromatic rings. The number of carbonyl (C=O) groups excluding carboxylic acids is 1. The summed E-state index contributed by atoms with van der Waals surface area (Å²) in [5, 5.41) is 11.3. The van der Waals surface area contributed by atoms with Gasteiger partial charge in [-0.2, -0.15) is 10.2 Å². The Hall–Kier alpha value is -1.15. The summed E-state index contributed by atoms with van der Waals surface area (Å²) in [5.41, 5.74) is 0.926. The molecule has 0 aliphatic rings. The Bertz CT molecular complexity index is 573. The summed E-state index contributed by atoms with van der Waals surface area (Å²) in [6, 6.07) is 0. The lowest BCUT2D eigenvalue weighted by atomic mass is 10.4. The van der Waals surface area contributed by atoms with Gasteiger partial charge >= 0.3 is 0 Å². The molecule has 0 saturated carbocycles. The minimum atomic E-state index is 0.0143. The summed E-state index contributed by atoms with van der Waals surface area (Å²) in [7, 11) is 0. The second kappa shape index (κ2) is 7.03. The molecule has 108 valence electrons. The van der Waals surface area contributed by atoms with Crippen LogP contribution >= 0.6 is 31.9 Å². The number of hydrogen-bond acceptors (Lipinski definition) is 3. The Balaban J connectivity index is 1.68. The van der Waals surface area contributed by atoms with Crippen LogP contribution in [-0.4, -0.2) is 32.0 Å². The van der Waals surface area contributed by atoms with Gasteiger partial charge in [0.25, 0.3) is 0 Å². The lowest BCUT2D eigenvalue weighted by molar-refractivity contribution is -0.121. The number of nitrogens with zero attached hydrogens (tertiary/aromatic N) is 4. The van der Waals surface area contributed by atoms with Gasteiger partial charge in [0.2, 0.25) is 5.91 Å². The van der Waals surface area contributed by atoms with Gasteiger partial charge in [-0.15, -0.1) is 0 Å². The highest BCUT2D eigenvalue weighted by atomic mass is 79.9. The summed E-state index contributed by atoms with van der Waals surface area (Å²) >= 11 is 6.72. The Morgan fingerprint density at radius 1 is 1.30 bits per heavy atom. The van der Waals surface area contributed by atoms with Crippen LogP contribution in [0.4, 0.5) is 0 Å². The second-order valence-corrected chi connectivity index (χ2v) is 6.12. The average Bonchev–Trinajstić information content (AvgIpc) is 2.94. The third kappa shape index (κ3) is 4.45. The van der Waals surface area contributed by atoms with Crippen LogP contribution in [0.15, 0.2) is 27.5 Å². The number of halogens is 2. The molecule has 0 aliphatic carbocycles. The lowest BCUT2D eigenvalue weighted by Crippen LogP contribution is -2.28.